The standard InChI is InChI=1S/C21H24ClN3O4S/c1-24(2)30(28,29)25-12-6-9-16(14-25)21(27)23-19-11-10-17(22)13-18(19)20(26)15-7-4-3-5-8-15/h3-5,7-8,10-11,13,16H,6,9,12,14H2,1-2H3,(H,23,27)/t16-/m1/s1. The molecule has 0 bridgehead atoms. The van der Waals surface area contributed by atoms with Gasteiger partial charge >= 0.3 is 0 Å². The molecule has 0 aromatic heterocycles. The first kappa shape index (κ1) is 22.4. The monoisotopic (exact) mass is 449 g/mol. The van der Waals surface area contributed by atoms with Crippen LogP contribution in [0, 0.1) is 5.92 Å². The fourth-order valence-electron chi connectivity index (χ4n) is 3.39. The number of piperidine rings is 1. The minimum absolute atomic E-state index is 0.0991. The van der Waals surface area contributed by atoms with Gasteiger partial charge in [-0.15, -0.1) is 0 Å². The van der Waals surface area contributed by atoms with Gasteiger partial charge in [-0.2, -0.15) is 17.0 Å². The molecule has 1 heterocycles. The first-order valence-corrected chi connectivity index (χ1v) is 11.4. The van der Waals surface area contributed by atoms with Gasteiger partial charge in [-0.25, -0.2) is 0 Å². The first-order chi connectivity index (χ1) is 14.2. The average molecular weight is 450 g/mol. The van der Waals surface area contributed by atoms with E-state index in [0.29, 0.717) is 35.7 Å². The van der Waals surface area contributed by atoms with Crippen LogP contribution < -0.4 is 5.32 Å². The molecule has 1 amide bonds. The fraction of sp³-hybridized carbons (Fsp3) is 0.333. The Balaban J connectivity index is 1.81. The summed E-state index contributed by atoms with van der Waals surface area (Å²) in [6.45, 7) is 0.477. The molecule has 0 radical (unpaired) electrons. The Morgan fingerprint density at radius 1 is 1.13 bits per heavy atom. The third-order valence-electron chi connectivity index (χ3n) is 5.06. The number of carbonyl (C=O) groups is 2. The predicted octanol–water partition coefficient (Wildman–Crippen LogP) is 3.03. The minimum Gasteiger partial charge on any atom is -0.325 e. The maximum atomic E-state index is 12.9. The van der Waals surface area contributed by atoms with E-state index in [1.165, 1.54) is 24.5 Å². The van der Waals surface area contributed by atoms with Gasteiger partial charge in [-0.05, 0) is 31.0 Å². The van der Waals surface area contributed by atoms with Gasteiger partial charge < -0.3 is 5.32 Å². The highest BCUT2D eigenvalue weighted by atomic mass is 35.5. The van der Waals surface area contributed by atoms with Crippen molar-refractivity contribution in [1.29, 1.82) is 0 Å². The molecule has 7 nitrogen and oxygen atoms in total. The van der Waals surface area contributed by atoms with Gasteiger partial charge in [-0.1, -0.05) is 41.9 Å². The molecule has 1 saturated heterocycles. The normalized spacial score (nSPS) is 17.7. The summed E-state index contributed by atoms with van der Waals surface area (Å²) in [6.07, 6.45) is 1.16. The van der Waals surface area contributed by atoms with Crippen LogP contribution in [0.25, 0.3) is 0 Å². The number of nitrogens with zero attached hydrogens (tertiary/aromatic N) is 2. The van der Waals surface area contributed by atoms with E-state index in [0.717, 1.165) is 4.31 Å². The summed E-state index contributed by atoms with van der Waals surface area (Å²) >= 11 is 6.09. The Bertz CT molecular complexity index is 1040. The third-order valence-corrected chi connectivity index (χ3v) is 7.20. The maximum absolute atomic E-state index is 12.9. The van der Waals surface area contributed by atoms with Crippen molar-refractivity contribution in [2.75, 3.05) is 32.5 Å². The highest BCUT2D eigenvalue weighted by molar-refractivity contribution is 7.86. The van der Waals surface area contributed by atoms with E-state index < -0.39 is 16.1 Å². The number of hydrogen-bond acceptors (Lipinski definition) is 4. The number of halogens is 1. The second-order valence-electron chi connectivity index (χ2n) is 7.36. The molecule has 30 heavy (non-hydrogen) atoms. The van der Waals surface area contributed by atoms with Gasteiger partial charge in [0.25, 0.3) is 10.2 Å². The van der Waals surface area contributed by atoms with E-state index in [-0.39, 0.29) is 23.8 Å². The summed E-state index contributed by atoms with van der Waals surface area (Å²) in [5.74, 6) is -1.09. The quantitative estimate of drug-likeness (QED) is 0.687. The molecule has 1 fully saturated rings. The van der Waals surface area contributed by atoms with Gasteiger partial charge in [0.05, 0.1) is 11.6 Å². The SMILES string of the molecule is CN(C)S(=O)(=O)N1CCC[C@@H](C(=O)Nc2ccc(Cl)cc2C(=O)c2ccccc2)C1. The highest BCUT2D eigenvalue weighted by Crippen LogP contribution is 2.26. The number of amides is 1. The summed E-state index contributed by atoms with van der Waals surface area (Å²) in [4.78, 5) is 25.8. The molecule has 2 aromatic carbocycles. The molecule has 0 unspecified atom stereocenters. The van der Waals surface area contributed by atoms with Crippen LogP contribution in [0.4, 0.5) is 5.69 Å². The fourth-order valence-corrected chi connectivity index (χ4v) is 4.75. The van der Waals surface area contributed by atoms with Gasteiger partial charge in [0.2, 0.25) is 5.91 Å². The van der Waals surface area contributed by atoms with Crippen LogP contribution in [0.2, 0.25) is 5.02 Å². The van der Waals surface area contributed by atoms with E-state index >= 15 is 0 Å². The zero-order chi connectivity index (χ0) is 21.9. The third kappa shape index (κ3) is 4.89. The van der Waals surface area contributed by atoms with E-state index in [2.05, 4.69) is 5.32 Å². The summed E-state index contributed by atoms with van der Waals surface area (Å²) in [7, 11) is -0.654. The molecule has 160 valence electrons. The highest BCUT2D eigenvalue weighted by Gasteiger charge is 2.33. The molecule has 0 saturated carbocycles. The Labute approximate surface area is 181 Å². The molecule has 1 atom stereocenters. The molecule has 0 spiro atoms. The molecule has 3 rings (SSSR count). The lowest BCUT2D eigenvalue weighted by atomic mass is 9.97. The molecule has 1 N–H and O–H groups in total. The van der Waals surface area contributed by atoms with Gasteiger partial charge in [0, 0.05) is 43.3 Å². The number of benzene rings is 2. The number of anilines is 1. The summed E-state index contributed by atoms with van der Waals surface area (Å²) < 4.78 is 27.3. The smallest absolute Gasteiger partial charge is 0.281 e. The molecule has 1 aliphatic rings. The van der Waals surface area contributed by atoms with E-state index in [9.17, 15) is 18.0 Å². The van der Waals surface area contributed by atoms with E-state index in [1.54, 1.807) is 36.4 Å². The molecule has 2 aromatic rings. The second kappa shape index (κ2) is 9.26. The Morgan fingerprint density at radius 2 is 1.83 bits per heavy atom. The van der Waals surface area contributed by atoms with E-state index in [4.69, 9.17) is 11.6 Å². The zero-order valence-corrected chi connectivity index (χ0v) is 18.4. The Morgan fingerprint density at radius 3 is 2.50 bits per heavy atom. The summed E-state index contributed by atoms with van der Waals surface area (Å²) in [6, 6.07) is 13.4. The van der Waals surface area contributed by atoms with E-state index in [1.807, 2.05) is 6.07 Å². The molecular formula is C21H24ClN3O4S. The van der Waals surface area contributed by atoms with Crippen molar-refractivity contribution < 1.29 is 18.0 Å². The van der Waals surface area contributed by atoms with Crippen LogP contribution in [-0.4, -0.2) is 55.9 Å². The Hall–Kier alpha value is -2.26. The van der Waals surface area contributed by atoms with Crippen molar-refractivity contribution in [1.82, 2.24) is 8.61 Å². The average Bonchev–Trinajstić information content (AvgIpc) is 2.75. The maximum Gasteiger partial charge on any atom is 0.281 e. The number of nitrogens with one attached hydrogen (secondary N) is 1. The van der Waals surface area contributed by atoms with Crippen molar-refractivity contribution in [3.63, 3.8) is 0 Å². The van der Waals surface area contributed by atoms with Gasteiger partial charge in [0.1, 0.15) is 0 Å². The number of carbonyl (C=O) groups excluding carboxylic acids is 2. The number of ketones is 1. The van der Waals surface area contributed by atoms with Crippen LogP contribution in [0.5, 0.6) is 0 Å². The summed E-state index contributed by atoms with van der Waals surface area (Å²) in [5.41, 5.74) is 1.12. The predicted molar refractivity (Wildman–Crippen MR) is 117 cm³/mol. The van der Waals surface area contributed by atoms with Crippen molar-refractivity contribution in [3.8, 4) is 0 Å². The van der Waals surface area contributed by atoms with Crippen LogP contribution in [0.3, 0.4) is 0 Å². The van der Waals surface area contributed by atoms with Crippen LogP contribution in [0.1, 0.15) is 28.8 Å². The lowest BCUT2D eigenvalue weighted by Gasteiger charge is -2.32. The lowest BCUT2D eigenvalue weighted by molar-refractivity contribution is -0.120. The first-order valence-electron chi connectivity index (χ1n) is 9.58. The topological polar surface area (TPSA) is 86.8 Å². The zero-order valence-electron chi connectivity index (χ0n) is 16.8. The van der Waals surface area contributed by atoms with Crippen molar-refractivity contribution in [2.24, 2.45) is 5.92 Å². The largest absolute Gasteiger partial charge is 0.325 e. The molecule has 0 aliphatic carbocycles. The van der Waals surface area contributed by atoms with Crippen LogP contribution in [-0.2, 0) is 15.0 Å². The number of rotatable bonds is 6. The second-order valence-corrected chi connectivity index (χ2v) is 9.94. The molecular weight excluding hydrogens is 426 g/mol. The van der Waals surface area contributed by atoms with Gasteiger partial charge in [0.15, 0.2) is 5.78 Å². The van der Waals surface area contributed by atoms with Crippen LogP contribution in [0.15, 0.2) is 48.5 Å². The lowest BCUT2D eigenvalue weighted by Crippen LogP contribution is -2.47. The van der Waals surface area contributed by atoms with Crippen molar-refractivity contribution >= 4 is 39.2 Å². The molecule has 1 aliphatic heterocycles. The molecule has 9 heteroatoms. The van der Waals surface area contributed by atoms with Crippen molar-refractivity contribution in [3.05, 3.63) is 64.7 Å². The summed E-state index contributed by atoms with van der Waals surface area (Å²) in [5, 5.41) is 3.19. The van der Waals surface area contributed by atoms with Crippen LogP contribution >= 0.6 is 11.6 Å². The van der Waals surface area contributed by atoms with Crippen molar-refractivity contribution in [2.45, 2.75) is 12.8 Å². The van der Waals surface area contributed by atoms with Gasteiger partial charge in [-0.3, -0.25) is 9.59 Å². The number of hydrogen-bond donors (Lipinski definition) is 1. The minimum atomic E-state index is -3.59. The Kier molecular flexibility index (Phi) is 6.92.